The fourth-order valence-corrected chi connectivity index (χ4v) is 1.89. The molecule has 0 heterocycles. The van der Waals surface area contributed by atoms with Crippen LogP contribution in [0.5, 0.6) is 11.5 Å². The average Bonchev–Trinajstić information content (AvgIpc) is 2.54. The highest BCUT2D eigenvalue weighted by atomic mass is 16.5. The fourth-order valence-electron chi connectivity index (χ4n) is 1.89. The first-order chi connectivity index (χ1) is 10.3. The molecule has 0 aromatic heterocycles. The second-order valence-electron chi connectivity index (χ2n) is 4.55. The Kier molecular flexibility index (Phi) is 5.64. The van der Waals surface area contributed by atoms with Gasteiger partial charge in [-0.2, -0.15) is 0 Å². The van der Waals surface area contributed by atoms with Gasteiger partial charge in [0, 0.05) is 6.54 Å². The van der Waals surface area contributed by atoms with Gasteiger partial charge in [-0.25, -0.2) is 0 Å². The summed E-state index contributed by atoms with van der Waals surface area (Å²) >= 11 is 0. The van der Waals surface area contributed by atoms with Crippen LogP contribution in [0.15, 0.2) is 54.6 Å². The largest absolute Gasteiger partial charge is 0.497 e. The molecule has 0 fully saturated rings. The van der Waals surface area contributed by atoms with Crippen LogP contribution < -0.4 is 14.8 Å². The maximum atomic E-state index is 11.7. The Hall–Kier alpha value is -2.49. The predicted molar refractivity (Wildman–Crippen MR) is 81.6 cm³/mol. The van der Waals surface area contributed by atoms with Gasteiger partial charge in [-0.15, -0.1) is 0 Å². The third-order valence-electron chi connectivity index (χ3n) is 2.98. The second-order valence-corrected chi connectivity index (χ2v) is 4.55. The van der Waals surface area contributed by atoms with E-state index in [-0.39, 0.29) is 12.5 Å². The summed E-state index contributed by atoms with van der Waals surface area (Å²) in [6, 6.07) is 17.1. The molecule has 0 bridgehead atoms. The molecule has 4 heteroatoms. The Balaban J connectivity index is 1.69. The van der Waals surface area contributed by atoms with Gasteiger partial charge in [0.1, 0.15) is 11.5 Å². The Morgan fingerprint density at radius 2 is 1.81 bits per heavy atom. The van der Waals surface area contributed by atoms with Crippen molar-refractivity contribution >= 4 is 5.91 Å². The summed E-state index contributed by atoms with van der Waals surface area (Å²) in [5.41, 5.74) is 1.12. The lowest BCUT2D eigenvalue weighted by atomic mass is 10.1. The Morgan fingerprint density at radius 3 is 2.57 bits per heavy atom. The summed E-state index contributed by atoms with van der Waals surface area (Å²) in [5.74, 6) is 1.40. The first-order valence-electron chi connectivity index (χ1n) is 6.85. The predicted octanol–water partition coefficient (Wildman–Crippen LogP) is 2.43. The lowest BCUT2D eigenvalue weighted by Gasteiger charge is -2.08. The molecule has 0 unspecified atom stereocenters. The van der Waals surface area contributed by atoms with Crippen molar-refractivity contribution in [3.8, 4) is 11.5 Å². The summed E-state index contributed by atoms with van der Waals surface area (Å²) in [6.07, 6.45) is 0.758. The van der Waals surface area contributed by atoms with Crippen LogP contribution in [0.25, 0.3) is 0 Å². The zero-order valence-corrected chi connectivity index (χ0v) is 12.0. The van der Waals surface area contributed by atoms with E-state index in [1.54, 1.807) is 7.11 Å². The maximum absolute atomic E-state index is 11.7. The van der Waals surface area contributed by atoms with Crippen molar-refractivity contribution < 1.29 is 14.3 Å². The molecule has 0 atom stereocenters. The van der Waals surface area contributed by atoms with Gasteiger partial charge in [-0.1, -0.05) is 30.3 Å². The van der Waals surface area contributed by atoms with Gasteiger partial charge >= 0.3 is 0 Å². The number of hydrogen-bond acceptors (Lipinski definition) is 3. The molecule has 1 N–H and O–H groups in total. The van der Waals surface area contributed by atoms with Crippen LogP contribution in [0.2, 0.25) is 0 Å². The van der Waals surface area contributed by atoms with Crippen LogP contribution in [0, 0.1) is 0 Å². The number of methoxy groups -OCH3 is 1. The normalized spacial score (nSPS) is 9.95. The third kappa shape index (κ3) is 5.18. The Labute approximate surface area is 124 Å². The van der Waals surface area contributed by atoms with Gasteiger partial charge in [0.15, 0.2) is 6.61 Å². The van der Waals surface area contributed by atoms with Crippen LogP contribution in [-0.4, -0.2) is 26.2 Å². The Morgan fingerprint density at radius 1 is 1.05 bits per heavy atom. The van der Waals surface area contributed by atoms with Gasteiger partial charge in [-0.05, 0) is 36.2 Å². The lowest BCUT2D eigenvalue weighted by Crippen LogP contribution is -2.30. The van der Waals surface area contributed by atoms with Gasteiger partial charge in [-0.3, -0.25) is 4.79 Å². The van der Waals surface area contributed by atoms with Crippen molar-refractivity contribution in [1.82, 2.24) is 5.32 Å². The van der Waals surface area contributed by atoms with Crippen molar-refractivity contribution in [2.24, 2.45) is 0 Å². The van der Waals surface area contributed by atoms with Crippen molar-refractivity contribution in [2.45, 2.75) is 6.42 Å². The van der Waals surface area contributed by atoms with E-state index in [2.05, 4.69) is 5.32 Å². The fraction of sp³-hybridized carbons (Fsp3) is 0.235. The Bertz CT molecular complexity index is 569. The van der Waals surface area contributed by atoms with E-state index in [1.165, 1.54) is 0 Å². The van der Waals surface area contributed by atoms with E-state index in [0.717, 1.165) is 17.7 Å². The molecule has 4 nitrogen and oxygen atoms in total. The summed E-state index contributed by atoms with van der Waals surface area (Å²) in [5, 5.41) is 2.83. The van der Waals surface area contributed by atoms with E-state index >= 15 is 0 Å². The van der Waals surface area contributed by atoms with Crippen LogP contribution in [0.3, 0.4) is 0 Å². The lowest BCUT2D eigenvalue weighted by molar-refractivity contribution is -0.123. The van der Waals surface area contributed by atoms with Gasteiger partial charge < -0.3 is 14.8 Å². The van der Waals surface area contributed by atoms with Gasteiger partial charge in [0.2, 0.25) is 0 Å². The molecule has 1 amide bonds. The second kappa shape index (κ2) is 7.94. The third-order valence-corrected chi connectivity index (χ3v) is 2.98. The van der Waals surface area contributed by atoms with Gasteiger partial charge in [0.25, 0.3) is 5.91 Å². The summed E-state index contributed by atoms with van der Waals surface area (Å²) in [6.45, 7) is 0.603. The van der Waals surface area contributed by atoms with E-state index in [0.29, 0.717) is 12.3 Å². The first kappa shape index (κ1) is 14.9. The van der Waals surface area contributed by atoms with Crippen molar-refractivity contribution in [3.05, 3.63) is 60.2 Å². The van der Waals surface area contributed by atoms with E-state index in [1.807, 2.05) is 54.6 Å². The number of carbonyl (C=O) groups excluding carboxylic acids is 1. The molecule has 0 spiro atoms. The number of hydrogen-bond donors (Lipinski definition) is 1. The minimum absolute atomic E-state index is 0.0299. The van der Waals surface area contributed by atoms with E-state index in [4.69, 9.17) is 9.47 Å². The van der Waals surface area contributed by atoms with E-state index in [9.17, 15) is 4.79 Å². The average molecular weight is 285 g/mol. The molecule has 2 aromatic carbocycles. The molecular formula is C17H19NO3. The molecule has 0 aliphatic carbocycles. The van der Waals surface area contributed by atoms with Crippen molar-refractivity contribution in [1.29, 1.82) is 0 Å². The number of ether oxygens (including phenoxy) is 2. The quantitative estimate of drug-likeness (QED) is 0.850. The van der Waals surface area contributed by atoms with Crippen LogP contribution in [0.4, 0.5) is 0 Å². The molecule has 110 valence electrons. The molecule has 0 aliphatic heterocycles. The number of benzene rings is 2. The minimum atomic E-state index is -0.123. The number of nitrogens with one attached hydrogen (secondary N) is 1. The highest BCUT2D eigenvalue weighted by Crippen LogP contribution is 2.12. The summed E-state index contributed by atoms with van der Waals surface area (Å²) in [7, 11) is 1.64. The first-order valence-corrected chi connectivity index (χ1v) is 6.85. The molecule has 2 aromatic rings. The smallest absolute Gasteiger partial charge is 0.257 e. The molecule has 21 heavy (non-hydrogen) atoms. The SMILES string of the molecule is COc1cccc(CCNC(=O)COc2ccccc2)c1. The number of para-hydroxylation sites is 1. The molecule has 0 saturated carbocycles. The molecule has 0 aliphatic rings. The van der Waals surface area contributed by atoms with Crippen LogP contribution in [0.1, 0.15) is 5.56 Å². The van der Waals surface area contributed by atoms with E-state index < -0.39 is 0 Å². The molecule has 0 saturated heterocycles. The summed E-state index contributed by atoms with van der Waals surface area (Å²) in [4.78, 5) is 11.7. The number of carbonyl (C=O) groups is 1. The maximum Gasteiger partial charge on any atom is 0.257 e. The molecule has 0 radical (unpaired) electrons. The number of rotatable bonds is 7. The van der Waals surface area contributed by atoms with Gasteiger partial charge in [0.05, 0.1) is 7.11 Å². The highest BCUT2D eigenvalue weighted by molar-refractivity contribution is 5.77. The topological polar surface area (TPSA) is 47.6 Å². The zero-order chi connectivity index (χ0) is 14.9. The molecular weight excluding hydrogens is 266 g/mol. The van der Waals surface area contributed by atoms with Crippen molar-refractivity contribution in [2.75, 3.05) is 20.3 Å². The monoisotopic (exact) mass is 285 g/mol. The highest BCUT2D eigenvalue weighted by Gasteiger charge is 2.02. The zero-order valence-electron chi connectivity index (χ0n) is 12.0. The minimum Gasteiger partial charge on any atom is -0.497 e. The standard InChI is InChI=1S/C17H19NO3/c1-20-16-9-5-6-14(12-16)10-11-18-17(19)13-21-15-7-3-2-4-8-15/h2-9,12H,10-11,13H2,1H3,(H,18,19). The van der Waals surface area contributed by atoms with Crippen molar-refractivity contribution in [3.63, 3.8) is 0 Å². The number of amides is 1. The molecule has 2 rings (SSSR count). The van der Waals surface area contributed by atoms with Crippen LogP contribution in [-0.2, 0) is 11.2 Å². The summed E-state index contributed by atoms with van der Waals surface area (Å²) < 4.78 is 10.5. The van der Waals surface area contributed by atoms with Crippen LogP contribution >= 0.6 is 0 Å².